The van der Waals surface area contributed by atoms with Crippen molar-refractivity contribution in [3.8, 4) is 11.6 Å². The van der Waals surface area contributed by atoms with Crippen LogP contribution in [0.25, 0.3) is 0 Å². The molecule has 2 rings (SSSR count). The van der Waals surface area contributed by atoms with Crippen LogP contribution in [0.3, 0.4) is 0 Å². The number of anilines is 1. The van der Waals surface area contributed by atoms with Crippen molar-refractivity contribution in [3.05, 3.63) is 41.3 Å². The summed E-state index contributed by atoms with van der Waals surface area (Å²) in [5, 5.41) is 0. The standard InChI is InChI=1S/C12H12FN3O/c1-7-3-4-9(5-10(7)13)17-11-8(2)6-15-12(14)16-11/h3-6H,1-2H3,(H2,14,15,16). The minimum atomic E-state index is -0.317. The van der Waals surface area contributed by atoms with Crippen LogP contribution >= 0.6 is 0 Å². The Labute approximate surface area is 98.3 Å². The van der Waals surface area contributed by atoms with Crippen molar-refractivity contribution in [1.29, 1.82) is 0 Å². The average molecular weight is 233 g/mol. The number of aryl methyl sites for hydroxylation is 2. The summed E-state index contributed by atoms with van der Waals surface area (Å²) in [6.45, 7) is 3.48. The Morgan fingerprint density at radius 1 is 1.24 bits per heavy atom. The number of nitrogens with two attached hydrogens (primary N) is 1. The third-order valence-corrected chi connectivity index (χ3v) is 2.30. The van der Waals surface area contributed by atoms with Gasteiger partial charge in [-0.05, 0) is 25.5 Å². The van der Waals surface area contributed by atoms with Gasteiger partial charge in [0.1, 0.15) is 11.6 Å². The maximum atomic E-state index is 13.3. The molecule has 17 heavy (non-hydrogen) atoms. The molecule has 0 saturated heterocycles. The lowest BCUT2D eigenvalue weighted by Crippen LogP contribution is -1.99. The highest BCUT2D eigenvalue weighted by atomic mass is 19.1. The highest BCUT2D eigenvalue weighted by Crippen LogP contribution is 2.24. The summed E-state index contributed by atoms with van der Waals surface area (Å²) < 4.78 is 18.8. The summed E-state index contributed by atoms with van der Waals surface area (Å²) in [7, 11) is 0. The molecule has 0 amide bonds. The number of hydrogen-bond acceptors (Lipinski definition) is 4. The van der Waals surface area contributed by atoms with E-state index in [4.69, 9.17) is 10.5 Å². The fraction of sp³-hybridized carbons (Fsp3) is 0.167. The Morgan fingerprint density at radius 2 is 2.00 bits per heavy atom. The van der Waals surface area contributed by atoms with Gasteiger partial charge in [0.05, 0.1) is 0 Å². The molecule has 0 fully saturated rings. The van der Waals surface area contributed by atoms with Gasteiger partial charge in [0.25, 0.3) is 0 Å². The third kappa shape index (κ3) is 2.50. The number of hydrogen-bond donors (Lipinski definition) is 1. The van der Waals surface area contributed by atoms with Crippen molar-refractivity contribution in [2.45, 2.75) is 13.8 Å². The summed E-state index contributed by atoms with van der Waals surface area (Å²) in [6.07, 6.45) is 1.56. The zero-order valence-electron chi connectivity index (χ0n) is 9.57. The number of halogens is 1. The van der Waals surface area contributed by atoms with Gasteiger partial charge in [0.15, 0.2) is 0 Å². The Balaban J connectivity index is 2.31. The maximum absolute atomic E-state index is 13.3. The monoisotopic (exact) mass is 233 g/mol. The van der Waals surface area contributed by atoms with E-state index in [0.29, 0.717) is 17.2 Å². The van der Waals surface area contributed by atoms with Crippen molar-refractivity contribution in [2.75, 3.05) is 5.73 Å². The number of nitrogen functional groups attached to an aromatic ring is 1. The summed E-state index contributed by atoms with van der Waals surface area (Å²) in [5.41, 5.74) is 6.76. The van der Waals surface area contributed by atoms with Gasteiger partial charge in [-0.15, -0.1) is 0 Å². The van der Waals surface area contributed by atoms with Crippen LogP contribution in [0.2, 0.25) is 0 Å². The van der Waals surface area contributed by atoms with E-state index in [2.05, 4.69) is 9.97 Å². The molecule has 88 valence electrons. The van der Waals surface area contributed by atoms with E-state index < -0.39 is 0 Å². The molecule has 0 atom stereocenters. The second kappa shape index (κ2) is 4.37. The molecule has 0 aliphatic rings. The quantitative estimate of drug-likeness (QED) is 0.866. The van der Waals surface area contributed by atoms with Gasteiger partial charge in [-0.2, -0.15) is 4.98 Å². The molecule has 0 bridgehead atoms. The molecule has 0 radical (unpaired) electrons. The van der Waals surface area contributed by atoms with Crippen LogP contribution in [0.4, 0.5) is 10.3 Å². The zero-order chi connectivity index (χ0) is 12.4. The van der Waals surface area contributed by atoms with Gasteiger partial charge < -0.3 is 10.5 Å². The van der Waals surface area contributed by atoms with Crippen LogP contribution < -0.4 is 10.5 Å². The fourth-order valence-electron chi connectivity index (χ4n) is 1.29. The third-order valence-electron chi connectivity index (χ3n) is 2.30. The molecule has 1 aromatic carbocycles. The molecular weight excluding hydrogens is 221 g/mol. The molecule has 0 spiro atoms. The summed E-state index contributed by atoms with van der Waals surface area (Å²) >= 11 is 0. The first-order valence-corrected chi connectivity index (χ1v) is 5.09. The summed E-state index contributed by atoms with van der Waals surface area (Å²) in [4.78, 5) is 7.77. The lowest BCUT2D eigenvalue weighted by atomic mass is 10.2. The number of benzene rings is 1. The highest BCUT2D eigenvalue weighted by Gasteiger charge is 2.06. The maximum Gasteiger partial charge on any atom is 0.226 e. The first-order valence-electron chi connectivity index (χ1n) is 5.09. The largest absolute Gasteiger partial charge is 0.438 e. The van der Waals surface area contributed by atoms with E-state index >= 15 is 0 Å². The van der Waals surface area contributed by atoms with Crippen molar-refractivity contribution in [3.63, 3.8) is 0 Å². The Morgan fingerprint density at radius 3 is 2.71 bits per heavy atom. The van der Waals surface area contributed by atoms with E-state index in [1.165, 1.54) is 6.07 Å². The lowest BCUT2D eigenvalue weighted by molar-refractivity contribution is 0.453. The predicted molar refractivity (Wildman–Crippen MR) is 62.4 cm³/mol. The number of ether oxygens (including phenoxy) is 1. The summed E-state index contributed by atoms with van der Waals surface area (Å²) in [5.74, 6) is 0.524. The molecule has 1 heterocycles. The Hall–Kier alpha value is -2.17. The van der Waals surface area contributed by atoms with Crippen LogP contribution in [0.1, 0.15) is 11.1 Å². The van der Waals surface area contributed by atoms with Crippen LogP contribution in [0, 0.1) is 19.7 Å². The van der Waals surface area contributed by atoms with Gasteiger partial charge in [-0.25, -0.2) is 9.37 Å². The smallest absolute Gasteiger partial charge is 0.226 e. The normalized spacial score (nSPS) is 10.3. The van der Waals surface area contributed by atoms with Crippen LogP contribution in [0.5, 0.6) is 11.6 Å². The second-order valence-corrected chi connectivity index (χ2v) is 3.73. The second-order valence-electron chi connectivity index (χ2n) is 3.73. The van der Waals surface area contributed by atoms with E-state index in [0.717, 1.165) is 5.56 Å². The molecule has 0 saturated carbocycles. The van der Waals surface area contributed by atoms with E-state index in [9.17, 15) is 4.39 Å². The molecule has 2 aromatic rings. The molecule has 0 unspecified atom stereocenters. The molecule has 5 heteroatoms. The summed E-state index contributed by atoms with van der Waals surface area (Å²) in [6, 6.07) is 4.63. The molecule has 0 aliphatic heterocycles. The number of nitrogens with zero attached hydrogens (tertiary/aromatic N) is 2. The van der Waals surface area contributed by atoms with Crippen molar-refractivity contribution in [1.82, 2.24) is 9.97 Å². The lowest BCUT2D eigenvalue weighted by Gasteiger charge is -2.08. The van der Waals surface area contributed by atoms with Crippen LogP contribution in [0.15, 0.2) is 24.4 Å². The van der Waals surface area contributed by atoms with Gasteiger partial charge in [0, 0.05) is 17.8 Å². The molecule has 1 aromatic heterocycles. The number of rotatable bonds is 2. The van der Waals surface area contributed by atoms with Crippen molar-refractivity contribution in [2.24, 2.45) is 0 Å². The van der Waals surface area contributed by atoms with Crippen LogP contribution in [-0.2, 0) is 0 Å². The van der Waals surface area contributed by atoms with Crippen LogP contribution in [-0.4, -0.2) is 9.97 Å². The van der Waals surface area contributed by atoms with E-state index in [1.807, 2.05) is 0 Å². The van der Waals surface area contributed by atoms with Crippen molar-refractivity contribution < 1.29 is 9.13 Å². The zero-order valence-corrected chi connectivity index (χ0v) is 9.57. The van der Waals surface area contributed by atoms with Gasteiger partial charge in [-0.3, -0.25) is 0 Å². The highest BCUT2D eigenvalue weighted by molar-refractivity contribution is 5.35. The minimum Gasteiger partial charge on any atom is -0.438 e. The Bertz CT molecular complexity index is 557. The van der Waals surface area contributed by atoms with Gasteiger partial charge >= 0.3 is 0 Å². The minimum absolute atomic E-state index is 0.123. The van der Waals surface area contributed by atoms with Crippen molar-refractivity contribution >= 4 is 5.95 Å². The Kier molecular flexibility index (Phi) is 2.91. The fourth-order valence-corrected chi connectivity index (χ4v) is 1.29. The average Bonchev–Trinajstić information content (AvgIpc) is 2.29. The van der Waals surface area contributed by atoms with E-state index in [-0.39, 0.29) is 11.8 Å². The van der Waals surface area contributed by atoms with E-state index in [1.54, 1.807) is 32.2 Å². The first kappa shape index (κ1) is 11.3. The SMILES string of the molecule is Cc1ccc(Oc2nc(N)ncc2C)cc1F. The molecule has 2 N–H and O–H groups in total. The first-order chi connectivity index (χ1) is 8.06. The van der Waals surface area contributed by atoms with Gasteiger partial charge in [-0.1, -0.05) is 6.07 Å². The molecular formula is C12H12FN3O. The molecule has 0 aliphatic carbocycles. The van der Waals surface area contributed by atoms with Gasteiger partial charge in [0.2, 0.25) is 11.8 Å². The molecule has 4 nitrogen and oxygen atoms in total. The topological polar surface area (TPSA) is 61.0 Å². The number of aromatic nitrogens is 2. The predicted octanol–water partition coefficient (Wildman–Crippen LogP) is 2.61.